The van der Waals surface area contributed by atoms with Crippen molar-refractivity contribution in [3.05, 3.63) is 0 Å². The minimum Gasteiger partial charge on any atom is -0.480 e. The summed E-state index contributed by atoms with van der Waals surface area (Å²) in [6.45, 7) is 7.65. The molecule has 0 fully saturated rings. The van der Waals surface area contributed by atoms with Gasteiger partial charge in [0.25, 0.3) is 0 Å². The molecule has 0 aliphatic rings. The van der Waals surface area contributed by atoms with Crippen molar-refractivity contribution >= 4 is 36.9 Å². The number of aliphatic carboxylic acids is 1. The summed E-state index contributed by atoms with van der Waals surface area (Å²) in [6.07, 6.45) is 0.681. The number of carboxylic acid groups (broad SMARTS) is 1. The van der Waals surface area contributed by atoms with Crippen LogP contribution in [0.4, 0.5) is 0 Å². The zero-order chi connectivity index (χ0) is 14.2. The maximum absolute atomic E-state index is 12.1. The molecule has 1 unspecified atom stereocenters. The molecule has 1 atom stereocenters. The lowest BCUT2D eigenvalue weighted by atomic mass is 10.3. The van der Waals surface area contributed by atoms with Gasteiger partial charge in [0.05, 0.1) is 6.61 Å². The lowest BCUT2D eigenvalue weighted by Crippen LogP contribution is -2.33. The van der Waals surface area contributed by atoms with E-state index in [0.717, 1.165) is 11.5 Å². The summed E-state index contributed by atoms with van der Waals surface area (Å²) in [7, 11) is -2.67. The number of carbonyl (C=O) groups is 1. The Bertz CT molecular complexity index is 303. The second-order valence-corrected chi connectivity index (χ2v) is 9.95. The van der Waals surface area contributed by atoms with Crippen LogP contribution < -0.4 is 0 Å². The molecule has 0 aliphatic carbocycles. The molecule has 0 radical (unpaired) electrons. The largest absolute Gasteiger partial charge is 0.480 e. The monoisotopic (exact) mass is 314 g/mol. The van der Waals surface area contributed by atoms with Gasteiger partial charge in [0.1, 0.15) is 0 Å². The summed E-state index contributed by atoms with van der Waals surface area (Å²) in [5.74, 6) is 0.613. The molecule has 0 heterocycles. The predicted molar refractivity (Wildman–Crippen MR) is 81.3 cm³/mol. The zero-order valence-corrected chi connectivity index (χ0v) is 14.0. The molecule has 0 spiro atoms. The minimum atomic E-state index is -2.67. The van der Waals surface area contributed by atoms with Crippen LogP contribution in [0.3, 0.4) is 0 Å². The fraction of sp³-hybridized carbons (Fsp3) is 0.909. The Kier molecular flexibility index (Phi) is 8.69. The van der Waals surface area contributed by atoms with Gasteiger partial charge in [-0.2, -0.15) is 0 Å². The van der Waals surface area contributed by atoms with Crippen LogP contribution in [0.5, 0.6) is 0 Å². The second kappa shape index (κ2) is 8.51. The number of carboxylic acids is 1. The van der Waals surface area contributed by atoms with Gasteiger partial charge in [-0.1, -0.05) is 13.8 Å². The highest BCUT2D eigenvalue weighted by Crippen LogP contribution is 2.49. The Labute approximate surface area is 118 Å². The second-order valence-electron chi connectivity index (χ2n) is 3.83. The Morgan fingerprint density at radius 1 is 1.28 bits per heavy atom. The summed E-state index contributed by atoms with van der Waals surface area (Å²) in [6, 6.07) is 0. The fourth-order valence-electron chi connectivity index (χ4n) is 1.57. The van der Waals surface area contributed by atoms with E-state index in [1.807, 2.05) is 13.8 Å². The van der Waals surface area contributed by atoms with E-state index in [4.69, 9.17) is 4.52 Å². The molecule has 0 amide bonds. The smallest absolute Gasteiger partial charge is 0.330 e. The third kappa shape index (κ3) is 6.00. The number of hydrogen-bond donors (Lipinski definition) is 1. The molecule has 0 rings (SSSR count). The van der Waals surface area contributed by atoms with Crippen molar-refractivity contribution in [3.8, 4) is 0 Å². The molecular formula is C11H23O4PS2. The van der Waals surface area contributed by atoms with Crippen LogP contribution in [0, 0.1) is 0 Å². The van der Waals surface area contributed by atoms with Crippen molar-refractivity contribution < 1.29 is 19.0 Å². The maximum Gasteiger partial charge on any atom is 0.330 e. The van der Waals surface area contributed by atoms with Gasteiger partial charge in [0, 0.05) is 12.8 Å². The molecule has 0 aliphatic heterocycles. The lowest BCUT2D eigenvalue weighted by Gasteiger charge is -2.28. The van der Waals surface area contributed by atoms with Crippen LogP contribution in [0.25, 0.3) is 0 Å². The van der Waals surface area contributed by atoms with Gasteiger partial charge < -0.3 is 9.63 Å². The normalized spacial score (nSPS) is 15.3. The van der Waals surface area contributed by atoms with Gasteiger partial charge in [-0.05, 0) is 24.9 Å². The Morgan fingerprint density at radius 2 is 1.78 bits per heavy atom. The first-order valence-electron chi connectivity index (χ1n) is 6.06. The standard InChI is InChI=1S/C11H23O4PS2/c1-5-15-16(4,14)9-8-11(10(12)13,17-6-2)18-7-3/h5-9H2,1-4H3,(H,12,13). The summed E-state index contributed by atoms with van der Waals surface area (Å²) in [4.78, 5) is 11.5. The van der Waals surface area contributed by atoms with E-state index in [-0.39, 0.29) is 0 Å². The Hall–Kier alpha value is 0.360. The van der Waals surface area contributed by atoms with Crippen LogP contribution in [-0.2, 0) is 13.9 Å². The molecule has 0 bridgehead atoms. The average Bonchev–Trinajstić information content (AvgIpc) is 2.26. The number of hydrogen-bond acceptors (Lipinski definition) is 5. The maximum atomic E-state index is 12.1. The quantitative estimate of drug-likeness (QED) is 0.491. The van der Waals surface area contributed by atoms with Crippen molar-refractivity contribution in [1.29, 1.82) is 0 Å². The van der Waals surface area contributed by atoms with Crippen molar-refractivity contribution in [3.63, 3.8) is 0 Å². The highest BCUT2D eigenvalue weighted by molar-refractivity contribution is 8.19. The molecule has 4 nitrogen and oxygen atoms in total. The van der Waals surface area contributed by atoms with E-state index in [0.29, 0.717) is 19.2 Å². The molecule has 0 aromatic carbocycles. The van der Waals surface area contributed by atoms with E-state index in [1.54, 1.807) is 13.6 Å². The third-order valence-electron chi connectivity index (χ3n) is 2.33. The highest BCUT2D eigenvalue weighted by atomic mass is 32.2. The van der Waals surface area contributed by atoms with Crippen LogP contribution >= 0.6 is 30.9 Å². The molecule has 0 saturated heterocycles. The van der Waals surface area contributed by atoms with Crippen LogP contribution in [0.2, 0.25) is 0 Å². The average molecular weight is 314 g/mol. The van der Waals surface area contributed by atoms with Gasteiger partial charge >= 0.3 is 5.97 Å². The fourth-order valence-corrected chi connectivity index (χ4v) is 6.00. The Morgan fingerprint density at radius 3 is 2.11 bits per heavy atom. The predicted octanol–water partition coefficient (Wildman–Crippen LogP) is 3.61. The molecule has 7 heteroatoms. The summed E-state index contributed by atoms with van der Waals surface area (Å²) in [5, 5.41) is 9.44. The summed E-state index contributed by atoms with van der Waals surface area (Å²) >= 11 is 2.80. The van der Waals surface area contributed by atoms with Gasteiger partial charge in [-0.25, -0.2) is 4.79 Å². The zero-order valence-electron chi connectivity index (χ0n) is 11.5. The summed E-state index contributed by atoms with van der Waals surface area (Å²) < 4.78 is 16.4. The number of thioether (sulfide) groups is 2. The van der Waals surface area contributed by atoms with E-state index < -0.39 is 17.4 Å². The molecule has 108 valence electrons. The van der Waals surface area contributed by atoms with Crippen molar-refractivity contribution in [1.82, 2.24) is 0 Å². The van der Waals surface area contributed by atoms with Gasteiger partial charge in [-0.3, -0.25) is 4.57 Å². The van der Waals surface area contributed by atoms with E-state index in [9.17, 15) is 14.5 Å². The SMILES string of the molecule is CCOP(C)(=O)CCC(SCC)(SCC)C(=O)O. The first-order chi connectivity index (χ1) is 8.33. The molecular weight excluding hydrogens is 291 g/mol. The molecule has 0 aromatic rings. The van der Waals surface area contributed by atoms with Crippen molar-refractivity contribution in [2.75, 3.05) is 30.9 Å². The Balaban J connectivity index is 4.78. The highest BCUT2D eigenvalue weighted by Gasteiger charge is 2.40. The van der Waals surface area contributed by atoms with Crippen molar-refractivity contribution in [2.24, 2.45) is 0 Å². The first-order valence-corrected chi connectivity index (χ1v) is 10.3. The van der Waals surface area contributed by atoms with E-state index in [1.165, 1.54) is 23.5 Å². The summed E-state index contributed by atoms with van der Waals surface area (Å²) in [5.41, 5.74) is 0. The number of rotatable bonds is 10. The molecule has 0 aromatic heterocycles. The van der Waals surface area contributed by atoms with Crippen LogP contribution in [-0.4, -0.2) is 46.1 Å². The van der Waals surface area contributed by atoms with E-state index >= 15 is 0 Å². The topological polar surface area (TPSA) is 63.6 Å². The first kappa shape index (κ1) is 18.4. The van der Waals surface area contributed by atoms with Crippen molar-refractivity contribution in [2.45, 2.75) is 31.3 Å². The minimum absolute atomic E-state index is 0.313. The molecule has 18 heavy (non-hydrogen) atoms. The lowest BCUT2D eigenvalue weighted by molar-refractivity contribution is -0.137. The molecule has 1 N–H and O–H groups in total. The van der Waals surface area contributed by atoms with Crippen LogP contribution in [0.15, 0.2) is 0 Å². The molecule has 0 saturated carbocycles. The third-order valence-corrected chi connectivity index (χ3v) is 7.15. The van der Waals surface area contributed by atoms with Gasteiger partial charge in [0.2, 0.25) is 0 Å². The van der Waals surface area contributed by atoms with E-state index in [2.05, 4.69) is 0 Å². The van der Waals surface area contributed by atoms with Gasteiger partial charge in [0.15, 0.2) is 11.4 Å². The van der Waals surface area contributed by atoms with Crippen LogP contribution in [0.1, 0.15) is 27.2 Å². The van der Waals surface area contributed by atoms with Gasteiger partial charge in [-0.15, -0.1) is 23.5 Å².